The van der Waals surface area contributed by atoms with Gasteiger partial charge in [-0.3, -0.25) is 4.79 Å². The van der Waals surface area contributed by atoms with Gasteiger partial charge in [0.1, 0.15) is 6.07 Å². The first kappa shape index (κ1) is 16.2. The molecule has 1 heterocycles. The predicted octanol–water partition coefficient (Wildman–Crippen LogP) is 3.92. The second-order valence-corrected chi connectivity index (χ2v) is 6.65. The first-order valence-electron chi connectivity index (χ1n) is 7.36. The third kappa shape index (κ3) is 2.58. The summed E-state index contributed by atoms with van der Waals surface area (Å²) in [4.78, 5) is 12.3. The molecule has 0 spiro atoms. The van der Waals surface area contributed by atoms with E-state index in [0.29, 0.717) is 0 Å². The molecule has 0 atom stereocenters. The lowest BCUT2D eigenvalue weighted by atomic mass is 9.75. The third-order valence-electron chi connectivity index (χ3n) is 4.07. The lowest BCUT2D eigenvalue weighted by Crippen LogP contribution is -2.29. The zero-order chi connectivity index (χ0) is 17.7. The van der Waals surface area contributed by atoms with Gasteiger partial charge in [-0.05, 0) is 24.0 Å². The number of hydrogen-bond donors (Lipinski definition) is 0. The van der Waals surface area contributed by atoms with Gasteiger partial charge in [0.15, 0.2) is 11.5 Å². The highest BCUT2D eigenvalue weighted by Crippen LogP contribution is 2.41. The summed E-state index contributed by atoms with van der Waals surface area (Å²) < 4.78 is 41.2. The molecular weight excluding hydrogens is 319 g/mol. The highest BCUT2D eigenvalue weighted by atomic mass is 19.4. The van der Waals surface area contributed by atoms with Crippen LogP contribution in [0.1, 0.15) is 47.6 Å². The minimum atomic E-state index is -4.73. The molecule has 0 radical (unpaired) electrons. The van der Waals surface area contributed by atoms with Crippen molar-refractivity contribution in [3.8, 4) is 11.8 Å². The van der Waals surface area contributed by atoms with Crippen LogP contribution in [-0.4, -0.2) is 15.6 Å². The Kier molecular flexibility index (Phi) is 3.52. The number of aromatic nitrogens is 2. The van der Waals surface area contributed by atoms with Crippen molar-refractivity contribution in [3.05, 3.63) is 46.8 Å². The van der Waals surface area contributed by atoms with E-state index in [-0.39, 0.29) is 35.3 Å². The zero-order valence-corrected chi connectivity index (χ0v) is 13.1. The van der Waals surface area contributed by atoms with Crippen molar-refractivity contribution < 1.29 is 18.0 Å². The average Bonchev–Trinajstić information content (AvgIpc) is 2.85. The summed E-state index contributed by atoms with van der Waals surface area (Å²) in [6.07, 6.45) is -4.42. The molecular formula is C17H14F3N3O. The molecule has 24 heavy (non-hydrogen) atoms. The van der Waals surface area contributed by atoms with Crippen molar-refractivity contribution in [1.29, 1.82) is 5.26 Å². The number of halogens is 3. The van der Waals surface area contributed by atoms with Crippen LogP contribution in [0.3, 0.4) is 0 Å². The molecule has 1 aliphatic rings. The molecule has 0 aliphatic heterocycles. The maximum atomic E-state index is 13.4. The largest absolute Gasteiger partial charge is 0.435 e. The van der Waals surface area contributed by atoms with Crippen LogP contribution in [-0.2, 0) is 12.6 Å². The van der Waals surface area contributed by atoms with Crippen LogP contribution in [0.25, 0.3) is 5.69 Å². The molecule has 0 N–H and O–H groups in total. The van der Waals surface area contributed by atoms with Crippen molar-refractivity contribution >= 4 is 5.78 Å². The quantitative estimate of drug-likeness (QED) is 0.795. The molecule has 2 aromatic rings. The monoisotopic (exact) mass is 333 g/mol. The van der Waals surface area contributed by atoms with Crippen molar-refractivity contribution in [2.45, 2.75) is 32.9 Å². The fraction of sp³-hybridized carbons (Fsp3) is 0.353. The Labute approximate surface area is 136 Å². The van der Waals surface area contributed by atoms with E-state index in [4.69, 9.17) is 0 Å². The molecule has 1 aliphatic carbocycles. The van der Waals surface area contributed by atoms with Crippen LogP contribution in [0.4, 0.5) is 13.2 Å². The van der Waals surface area contributed by atoms with Gasteiger partial charge in [0.25, 0.3) is 0 Å². The Bertz CT molecular complexity index is 872. The minimum absolute atomic E-state index is 0.0364. The van der Waals surface area contributed by atoms with Gasteiger partial charge in [0, 0.05) is 6.42 Å². The van der Waals surface area contributed by atoms with E-state index in [9.17, 15) is 23.2 Å². The molecule has 1 aromatic heterocycles. The molecule has 0 fully saturated rings. The van der Waals surface area contributed by atoms with Gasteiger partial charge in [-0.15, -0.1) is 0 Å². The van der Waals surface area contributed by atoms with Crippen LogP contribution >= 0.6 is 0 Å². The van der Waals surface area contributed by atoms with Crippen LogP contribution in [0.15, 0.2) is 24.3 Å². The number of para-hydroxylation sites is 1. The van der Waals surface area contributed by atoms with Crippen molar-refractivity contribution in [1.82, 2.24) is 9.78 Å². The molecule has 0 bridgehead atoms. The molecule has 0 unspecified atom stereocenters. The number of rotatable bonds is 1. The van der Waals surface area contributed by atoms with Gasteiger partial charge in [-0.1, -0.05) is 26.0 Å². The van der Waals surface area contributed by atoms with E-state index in [1.165, 1.54) is 12.1 Å². The summed E-state index contributed by atoms with van der Waals surface area (Å²) in [5, 5.41) is 12.9. The van der Waals surface area contributed by atoms with E-state index in [1.807, 2.05) is 19.9 Å². The molecule has 4 nitrogen and oxygen atoms in total. The number of alkyl halides is 3. The number of carbonyl (C=O) groups is 1. The van der Waals surface area contributed by atoms with E-state index in [2.05, 4.69) is 5.10 Å². The van der Waals surface area contributed by atoms with E-state index < -0.39 is 23.1 Å². The zero-order valence-electron chi connectivity index (χ0n) is 13.1. The summed E-state index contributed by atoms with van der Waals surface area (Å²) in [5.41, 5.74) is -1.34. The lowest BCUT2D eigenvalue weighted by molar-refractivity contribution is -0.141. The maximum Gasteiger partial charge on any atom is 0.435 e. The van der Waals surface area contributed by atoms with Gasteiger partial charge < -0.3 is 0 Å². The number of Topliss-reactive ketones (excluding diaryl/α,β-unsaturated/α-hetero) is 1. The van der Waals surface area contributed by atoms with Gasteiger partial charge >= 0.3 is 6.18 Å². The molecule has 124 valence electrons. The second-order valence-electron chi connectivity index (χ2n) is 6.65. The van der Waals surface area contributed by atoms with Gasteiger partial charge in [-0.25, -0.2) is 4.68 Å². The fourth-order valence-electron chi connectivity index (χ4n) is 3.10. The van der Waals surface area contributed by atoms with Crippen molar-refractivity contribution in [3.63, 3.8) is 0 Å². The van der Waals surface area contributed by atoms with E-state index >= 15 is 0 Å². The topological polar surface area (TPSA) is 58.7 Å². The summed E-state index contributed by atoms with van der Waals surface area (Å²) in [6.45, 7) is 3.66. The average molecular weight is 333 g/mol. The Morgan fingerprint density at radius 1 is 1.25 bits per heavy atom. The normalized spacial score (nSPS) is 16.6. The number of nitriles is 1. The van der Waals surface area contributed by atoms with Crippen LogP contribution in [0.2, 0.25) is 0 Å². The summed E-state index contributed by atoms with van der Waals surface area (Å²) in [7, 11) is 0. The number of benzene rings is 1. The molecule has 3 rings (SSSR count). The summed E-state index contributed by atoms with van der Waals surface area (Å²) in [5.74, 6) is -0.561. The number of hydrogen-bond acceptors (Lipinski definition) is 3. The van der Waals surface area contributed by atoms with Gasteiger partial charge in [0.2, 0.25) is 0 Å². The molecule has 1 aromatic carbocycles. The van der Waals surface area contributed by atoms with Crippen LogP contribution < -0.4 is 0 Å². The molecule has 7 heteroatoms. The Morgan fingerprint density at radius 3 is 2.54 bits per heavy atom. The SMILES string of the molecule is CC1(C)CC(=O)c2c(C(F)(F)F)nn(-c3ccccc3C#N)c2C1. The number of ketones is 1. The molecule has 0 amide bonds. The number of carbonyl (C=O) groups excluding carboxylic acids is 1. The Balaban J connectivity index is 2.33. The molecule has 0 saturated heterocycles. The van der Waals surface area contributed by atoms with E-state index in [1.54, 1.807) is 12.1 Å². The summed E-state index contributed by atoms with van der Waals surface area (Å²) in [6, 6.07) is 8.23. The lowest BCUT2D eigenvalue weighted by Gasteiger charge is -2.29. The van der Waals surface area contributed by atoms with Crippen molar-refractivity contribution in [2.75, 3.05) is 0 Å². The Hall–Kier alpha value is -2.62. The standard InChI is InChI=1S/C17H14F3N3O/c1-16(2)7-12-14(13(24)8-16)15(17(18,19)20)22-23(12)11-6-4-3-5-10(11)9-21/h3-6H,7-8H2,1-2H3. The third-order valence-corrected chi connectivity index (χ3v) is 4.07. The van der Waals surface area contributed by atoms with Crippen LogP contribution in [0.5, 0.6) is 0 Å². The highest BCUT2D eigenvalue weighted by molar-refractivity contribution is 6.00. The second kappa shape index (κ2) is 5.20. The van der Waals surface area contributed by atoms with Crippen LogP contribution in [0, 0.1) is 16.7 Å². The minimum Gasteiger partial charge on any atom is -0.294 e. The number of nitrogens with zero attached hydrogens (tertiary/aromatic N) is 3. The van der Waals surface area contributed by atoms with Gasteiger partial charge in [0.05, 0.1) is 22.5 Å². The van der Waals surface area contributed by atoms with Gasteiger partial charge in [-0.2, -0.15) is 23.5 Å². The predicted molar refractivity (Wildman–Crippen MR) is 79.7 cm³/mol. The first-order chi connectivity index (χ1) is 11.1. The van der Waals surface area contributed by atoms with Crippen molar-refractivity contribution in [2.24, 2.45) is 5.41 Å². The highest BCUT2D eigenvalue weighted by Gasteiger charge is 2.45. The Morgan fingerprint density at radius 2 is 1.92 bits per heavy atom. The summed E-state index contributed by atoms with van der Waals surface area (Å²) >= 11 is 0. The smallest absolute Gasteiger partial charge is 0.294 e. The van der Waals surface area contributed by atoms with E-state index in [0.717, 1.165) is 4.68 Å². The first-order valence-corrected chi connectivity index (χ1v) is 7.36. The number of fused-ring (bicyclic) bond motifs is 1. The maximum absolute atomic E-state index is 13.4. The molecule has 0 saturated carbocycles. The fourth-order valence-corrected chi connectivity index (χ4v) is 3.10.